The van der Waals surface area contributed by atoms with Crippen LogP contribution in [0.5, 0.6) is 0 Å². The van der Waals surface area contributed by atoms with E-state index >= 15 is 0 Å². The molecule has 1 atom stereocenters. The van der Waals surface area contributed by atoms with Gasteiger partial charge in [0.25, 0.3) is 0 Å². The molecule has 1 aromatic heterocycles. The average Bonchev–Trinajstić information content (AvgIpc) is 3.21. The third-order valence-electron chi connectivity index (χ3n) is 6.37. The fourth-order valence-electron chi connectivity index (χ4n) is 4.88. The summed E-state index contributed by atoms with van der Waals surface area (Å²) in [5, 5.41) is 22.5. The zero-order chi connectivity index (χ0) is 23.4. The first-order valence-corrected chi connectivity index (χ1v) is 10.7. The molecule has 0 aliphatic heterocycles. The van der Waals surface area contributed by atoms with Crippen LogP contribution in [0.4, 0.5) is 5.88 Å². The van der Waals surface area contributed by atoms with E-state index in [-0.39, 0.29) is 5.88 Å². The van der Waals surface area contributed by atoms with E-state index in [1.165, 1.54) is 0 Å². The third-order valence-corrected chi connectivity index (χ3v) is 6.37. The van der Waals surface area contributed by atoms with Crippen molar-refractivity contribution in [3.05, 3.63) is 112 Å². The molecule has 34 heavy (non-hydrogen) atoms. The Morgan fingerprint density at radius 1 is 0.824 bits per heavy atom. The van der Waals surface area contributed by atoms with Crippen molar-refractivity contribution >= 4 is 22.8 Å². The highest BCUT2D eigenvalue weighted by molar-refractivity contribution is 5.99. The van der Waals surface area contributed by atoms with Crippen LogP contribution in [0.2, 0.25) is 0 Å². The minimum absolute atomic E-state index is 0.314. The number of hydrogen-bond donors (Lipinski definition) is 1. The molecule has 4 aromatic carbocycles. The number of carboxylic acids is 1. The highest BCUT2D eigenvalue weighted by Crippen LogP contribution is 2.43. The quantitative estimate of drug-likeness (QED) is 0.240. The van der Waals surface area contributed by atoms with Crippen LogP contribution in [0.25, 0.3) is 44.3 Å². The fourth-order valence-corrected chi connectivity index (χ4v) is 4.88. The van der Waals surface area contributed by atoms with E-state index in [9.17, 15) is 20.0 Å². The van der Waals surface area contributed by atoms with Gasteiger partial charge in [0.1, 0.15) is 22.0 Å². The normalized spacial score (nSPS) is 14.1. The molecule has 0 fully saturated rings. The highest BCUT2D eigenvalue weighted by atomic mass is 16.6. The summed E-state index contributed by atoms with van der Waals surface area (Å²) >= 11 is 0. The second-order valence-electron chi connectivity index (χ2n) is 8.32. The molecule has 1 aliphatic rings. The molecule has 6 nitrogen and oxygen atoms in total. The van der Waals surface area contributed by atoms with Crippen LogP contribution in [-0.4, -0.2) is 16.0 Å². The second kappa shape index (κ2) is 7.42. The maximum atomic E-state index is 12.3. The molecule has 4 bridgehead atoms. The Balaban J connectivity index is 1.57. The van der Waals surface area contributed by atoms with Gasteiger partial charge in [0.15, 0.2) is 0 Å². The highest BCUT2D eigenvalue weighted by Gasteiger charge is 2.29. The summed E-state index contributed by atoms with van der Waals surface area (Å²) in [4.78, 5) is 23.6. The largest absolute Gasteiger partial charge is 0.481 e. The maximum Gasteiger partial charge on any atom is 0.442 e. The van der Waals surface area contributed by atoms with E-state index in [2.05, 4.69) is 0 Å². The lowest BCUT2D eigenvalue weighted by molar-refractivity contribution is -0.400. The van der Waals surface area contributed by atoms with Crippen LogP contribution >= 0.6 is 0 Å². The van der Waals surface area contributed by atoms with Crippen LogP contribution in [0.15, 0.2) is 95.4 Å². The molecule has 1 N–H and O–H groups in total. The first-order valence-electron chi connectivity index (χ1n) is 10.7. The molecule has 164 valence electrons. The molecule has 1 unspecified atom stereocenters. The second-order valence-corrected chi connectivity index (χ2v) is 8.32. The van der Waals surface area contributed by atoms with E-state index in [0.29, 0.717) is 27.7 Å². The lowest BCUT2D eigenvalue weighted by atomic mass is 9.86. The molecular weight excluding hydrogens is 430 g/mol. The summed E-state index contributed by atoms with van der Waals surface area (Å²) in [7, 11) is 0. The SMILES string of the molecule is O=C(O)C1c2cccc(c2)-c2ccc(-c3cccc(-c4c([N+](=O)[O-])oc5ccccc45)c3)c1c2. The molecule has 1 heterocycles. The van der Waals surface area contributed by atoms with Crippen LogP contribution in [-0.2, 0) is 4.79 Å². The molecule has 0 radical (unpaired) electrons. The maximum absolute atomic E-state index is 12.3. The topological polar surface area (TPSA) is 93.6 Å². The number of para-hydroxylation sites is 1. The molecule has 0 amide bonds. The Hall–Kier alpha value is -4.71. The van der Waals surface area contributed by atoms with Crippen molar-refractivity contribution in [3.8, 4) is 33.4 Å². The van der Waals surface area contributed by atoms with Gasteiger partial charge >= 0.3 is 11.9 Å². The zero-order valence-corrected chi connectivity index (χ0v) is 17.8. The molecule has 0 saturated carbocycles. The van der Waals surface area contributed by atoms with Crippen molar-refractivity contribution in [3.63, 3.8) is 0 Å². The van der Waals surface area contributed by atoms with Crippen molar-refractivity contribution in [2.75, 3.05) is 0 Å². The monoisotopic (exact) mass is 447 g/mol. The smallest absolute Gasteiger partial charge is 0.442 e. The van der Waals surface area contributed by atoms with E-state index in [1.807, 2.05) is 66.7 Å². The summed E-state index contributed by atoms with van der Waals surface area (Å²) in [6, 6.07) is 27.9. The van der Waals surface area contributed by atoms with Crippen LogP contribution in [0.1, 0.15) is 17.0 Å². The Morgan fingerprint density at radius 3 is 2.38 bits per heavy atom. The summed E-state index contributed by atoms with van der Waals surface area (Å²) in [6.07, 6.45) is 0. The zero-order valence-electron chi connectivity index (χ0n) is 17.8. The Morgan fingerprint density at radius 2 is 1.56 bits per heavy atom. The molecule has 1 aliphatic carbocycles. The van der Waals surface area contributed by atoms with Gasteiger partial charge in [-0.3, -0.25) is 14.9 Å². The van der Waals surface area contributed by atoms with E-state index < -0.39 is 16.8 Å². The molecule has 0 saturated heterocycles. The average molecular weight is 447 g/mol. The standard InChI is InChI=1S/C28H17NO5/c30-28(31)26-20-8-3-5-16(13-20)17-11-12-21(23(26)15-17)18-6-4-7-19(14-18)25-22-9-1-2-10-24(22)34-27(25)29(32)33/h1-15,26H,(H,30,31). The minimum atomic E-state index is -0.926. The predicted octanol–water partition coefficient (Wildman–Crippen LogP) is 6.87. The molecule has 6 heteroatoms. The number of hydrogen-bond acceptors (Lipinski definition) is 4. The number of nitrogens with zero attached hydrogens (tertiary/aromatic N) is 1. The van der Waals surface area contributed by atoms with Crippen LogP contribution < -0.4 is 0 Å². The van der Waals surface area contributed by atoms with Gasteiger partial charge in [0.2, 0.25) is 0 Å². The van der Waals surface area contributed by atoms with Crippen LogP contribution in [0, 0.1) is 10.1 Å². The predicted molar refractivity (Wildman–Crippen MR) is 129 cm³/mol. The molecule has 0 spiro atoms. The number of carboxylic acid groups (broad SMARTS) is 1. The Bertz CT molecular complexity index is 1630. The molecule has 6 rings (SSSR count). The first kappa shape index (κ1) is 19.9. The summed E-state index contributed by atoms with van der Waals surface area (Å²) in [5.41, 5.74) is 6.37. The van der Waals surface area contributed by atoms with Crippen molar-refractivity contribution in [1.82, 2.24) is 0 Å². The van der Waals surface area contributed by atoms with Gasteiger partial charge < -0.3 is 9.52 Å². The first-order chi connectivity index (χ1) is 16.5. The van der Waals surface area contributed by atoms with E-state index in [0.717, 1.165) is 27.8 Å². The minimum Gasteiger partial charge on any atom is -0.481 e. The number of furan rings is 1. The van der Waals surface area contributed by atoms with Crippen LogP contribution in [0.3, 0.4) is 0 Å². The van der Waals surface area contributed by atoms with Gasteiger partial charge in [0, 0.05) is 5.39 Å². The van der Waals surface area contributed by atoms with Gasteiger partial charge in [-0.25, -0.2) is 0 Å². The fraction of sp³-hybridized carbons (Fsp3) is 0.0357. The van der Waals surface area contributed by atoms with E-state index in [4.69, 9.17) is 4.42 Å². The number of benzene rings is 4. The lowest BCUT2D eigenvalue weighted by Gasteiger charge is -2.17. The van der Waals surface area contributed by atoms with Crippen molar-refractivity contribution in [2.24, 2.45) is 0 Å². The number of aliphatic carboxylic acids is 1. The van der Waals surface area contributed by atoms with Gasteiger partial charge in [0.05, 0.1) is 0 Å². The number of rotatable bonds is 4. The molecule has 5 aromatic rings. The van der Waals surface area contributed by atoms with Crippen molar-refractivity contribution in [1.29, 1.82) is 0 Å². The third kappa shape index (κ3) is 3.00. The molecular formula is C28H17NO5. The van der Waals surface area contributed by atoms with Gasteiger partial charge in [-0.05, 0) is 63.2 Å². The number of nitro groups is 1. The number of fused-ring (bicyclic) bond motifs is 6. The summed E-state index contributed by atoms with van der Waals surface area (Å²) in [5.74, 6) is -2.05. The summed E-state index contributed by atoms with van der Waals surface area (Å²) < 4.78 is 5.54. The van der Waals surface area contributed by atoms with Crippen molar-refractivity contribution < 1.29 is 19.2 Å². The van der Waals surface area contributed by atoms with E-state index in [1.54, 1.807) is 24.3 Å². The van der Waals surface area contributed by atoms with Gasteiger partial charge in [-0.2, -0.15) is 0 Å². The Kier molecular flexibility index (Phi) is 4.35. The Labute approximate surface area is 193 Å². The summed E-state index contributed by atoms with van der Waals surface area (Å²) in [6.45, 7) is 0. The lowest BCUT2D eigenvalue weighted by Crippen LogP contribution is -2.13. The van der Waals surface area contributed by atoms with Crippen molar-refractivity contribution in [2.45, 2.75) is 5.92 Å². The number of carbonyl (C=O) groups is 1. The van der Waals surface area contributed by atoms with Gasteiger partial charge in [-0.15, -0.1) is 0 Å². The van der Waals surface area contributed by atoms with Gasteiger partial charge in [-0.1, -0.05) is 66.7 Å².